The van der Waals surface area contributed by atoms with Gasteiger partial charge in [-0.3, -0.25) is 9.59 Å². The van der Waals surface area contributed by atoms with Gasteiger partial charge in [0.1, 0.15) is 11.5 Å². The molecule has 0 spiro atoms. The number of ether oxygens (including phenoxy) is 2. The number of aryl methyl sites for hydroxylation is 1. The van der Waals surface area contributed by atoms with E-state index in [1.54, 1.807) is 36.4 Å². The smallest absolute Gasteiger partial charge is 0.333 e. The Hall–Kier alpha value is -3.58. The molecule has 0 heterocycles. The second-order valence-corrected chi connectivity index (χ2v) is 9.14. The number of carbonyl (C=O) groups excluding carboxylic acids is 3. The lowest BCUT2D eigenvalue weighted by atomic mass is 9.98. The van der Waals surface area contributed by atoms with E-state index in [0.717, 1.165) is 17.3 Å². The van der Waals surface area contributed by atoms with E-state index in [4.69, 9.17) is 9.47 Å². The van der Waals surface area contributed by atoms with Crippen molar-refractivity contribution in [3.05, 3.63) is 96.1 Å². The van der Waals surface area contributed by atoms with Gasteiger partial charge >= 0.3 is 5.97 Å². The zero-order valence-corrected chi connectivity index (χ0v) is 20.6. The zero-order valence-electron chi connectivity index (χ0n) is 19.8. The maximum absolute atomic E-state index is 13.4. The van der Waals surface area contributed by atoms with Crippen LogP contribution in [0.5, 0.6) is 11.5 Å². The normalized spacial score (nSPS) is 12.3. The van der Waals surface area contributed by atoms with Crippen molar-refractivity contribution in [1.82, 2.24) is 5.32 Å². The third-order valence-electron chi connectivity index (χ3n) is 5.41. The summed E-state index contributed by atoms with van der Waals surface area (Å²) in [6, 6.07) is 25.0. The Morgan fingerprint density at radius 2 is 1.51 bits per heavy atom. The lowest BCUT2D eigenvalue weighted by Gasteiger charge is -2.23. The number of amides is 1. The van der Waals surface area contributed by atoms with E-state index in [2.05, 4.69) is 5.32 Å². The molecule has 7 heteroatoms. The van der Waals surface area contributed by atoms with E-state index < -0.39 is 17.9 Å². The number of para-hydroxylation sites is 2. The summed E-state index contributed by atoms with van der Waals surface area (Å²) in [5, 5.41) is 2.79. The van der Waals surface area contributed by atoms with Crippen LogP contribution in [0, 0.1) is 5.92 Å². The van der Waals surface area contributed by atoms with Crippen LogP contribution in [-0.2, 0) is 25.5 Å². The van der Waals surface area contributed by atoms with Crippen LogP contribution < -0.4 is 10.1 Å². The Balaban J connectivity index is 1.82. The first-order chi connectivity index (χ1) is 17.0. The Morgan fingerprint density at radius 1 is 0.886 bits per heavy atom. The van der Waals surface area contributed by atoms with E-state index >= 15 is 0 Å². The summed E-state index contributed by atoms with van der Waals surface area (Å²) >= 11 is 1.10. The fourth-order valence-corrected chi connectivity index (χ4v) is 4.32. The molecule has 3 aromatic carbocycles. The summed E-state index contributed by atoms with van der Waals surface area (Å²) < 4.78 is 11.0. The molecule has 0 radical (unpaired) electrons. The fourth-order valence-electron chi connectivity index (χ4n) is 3.56. The second-order valence-electron chi connectivity index (χ2n) is 7.94. The first-order valence-corrected chi connectivity index (χ1v) is 12.3. The van der Waals surface area contributed by atoms with E-state index in [1.807, 2.05) is 48.5 Å². The maximum atomic E-state index is 13.4. The van der Waals surface area contributed by atoms with Crippen LogP contribution in [0.3, 0.4) is 0 Å². The molecule has 0 fully saturated rings. The molecule has 0 aromatic heterocycles. The van der Waals surface area contributed by atoms with Gasteiger partial charge in [-0.1, -0.05) is 78.5 Å². The van der Waals surface area contributed by atoms with Gasteiger partial charge < -0.3 is 14.8 Å². The highest BCUT2D eigenvalue weighted by Crippen LogP contribution is 2.31. The second kappa shape index (κ2) is 13.3. The highest BCUT2D eigenvalue weighted by Gasteiger charge is 2.30. The van der Waals surface area contributed by atoms with E-state index in [1.165, 1.54) is 14.0 Å². The Labute approximate surface area is 210 Å². The molecular weight excluding hydrogens is 462 g/mol. The Bertz CT molecular complexity index is 1120. The Morgan fingerprint density at radius 3 is 2.17 bits per heavy atom. The number of nitrogens with one attached hydrogen (secondary N) is 1. The molecule has 0 aliphatic heterocycles. The van der Waals surface area contributed by atoms with Crippen LogP contribution in [0.1, 0.15) is 30.5 Å². The highest BCUT2D eigenvalue weighted by molar-refractivity contribution is 8.13. The van der Waals surface area contributed by atoms with Gasteiger partial charge in [-0.05, 0) is 36.6 Å². The van der Waals surface area contributed by atoms with Crippen LogP contribution in [0.25, 0.3) is 0 Å². The largest absolute Gasteiger partial charge is 0.467 e. The van der Waals surface area contributed by atoms with Crippen molar-refractivity contribution in [1.29, 1.82) is 0 Å². The predicted octanol–water partition coefficient (Wildman–Crippen LogP) is 5.34. The van der Waals surface area contributed by atoms with Crippen LogP contribution in [0.2, 0.25) is 0 Å². The van der Waals surface area contributed by atoms with Crippen molar-refractivity contribution in [2.45, 2.75) is 25.8 Å². The van der Waals surface area contributed by atoms with Gasteiger partial charge in [0.2, 0.25) is 5.91 Å². The Kier molecular flexibility index (Phi) is 9.93. The fraction of sp³-hybridized carbons (Fsp3) is 0.250. The maximum Gasteiger partial charge on any atom is 0.333 e. The van der Waals surface area contributed by atoms with Crippen LogP contribution in [0.15, 0.2) is 84.9 Å². The minimum atomic E-state index is -1.06. The molecule has 6 nitrogen and oxygen atoms in total. The summed E-state index contributed by atoms with van der Waals surface area (Å²) in [5.74, 6) is -0.0345. The van der Waals surface area contributed by atoms with Crippen molar-refractivity contribution < 1.29 is 23.9 Å². The molecule has 182 valence electrons. The molecule has 1 amide bonds. The van der Waals surface area contributed by atoms with Gasteiger partial charge in [-0.2, -0.15) is 0 Å². The van der Waals surface area contributed by atoms with Crippen molar-refractivity contribution >= 4 is 28.8 Å². The number of rotatable bonds is 11. The number of hydrogen-bond donors (Lipinski definition) is 1. The molecule has 0 saturated carbocycles. The minimum Gasteiger partial charge on any atom is -0.467 e. The minimum absolute atomic E-state index is 0.0614. The molecule has 0 saturated heterocycles. The summed E-state index contributed by atoms with van der Waals surface area (Å²) in [6.45, 7) is 1.48. The molecule has 3 rings (SSSR count). The molecule has 2 atom stereocenters. The van der Waals surface area contributed by atoms with Gasteiger partial charge in [0.25, 0.3) is 0 Å². The molecule has 1 N–H and O–H groups in total. The summed E-state index contributed by atoms with van der Waals surface area (Å²) in [4.78, 5) is 37.7. The number of thioether (sulfide) groups is 1. The van der Waals surface area contributed by atoms with E-state index in [0.29, 0.717) is 35.7 Å². The monoisotopic (exact) mass is 491 g/mol. The predicted molar refractivity (Wildman–Crippen MR) is 137 cm³/mol. The first kappa shape index (κ1) is 26.0. The van der Waals surface area contributed by atoms with Crippen molar-refractivity contribution in [3.63, 3.8) is 0 Å². The molecule has 0 aliphatic rings. The molecule has 0 aliphatic carbocycles. The van der Waals surface area contributed by atoms with E-state index in [9.17, 15) is 14.4 Å². The number of benzene rings is 3. The van der Waals surface area contributed by atoms with Crippen molar-refractivity contribution in [2.75, 3.05) is 12.9 Å². The molecule has 2 unspecified atom stereocenters. The molecular formula is C28H29NO5S. The quantitative estimate of drug-likeness (QED) is 0.365. The lowest BCUT2D eigenvalue weighted by molar-refractivity contribution is -0.145. The molecule has 35 heavy (non-hydrogen) atoms. The SMILES string of the molecule is COC(=O)C(NC(=O)C(CCc1ccccc1)CSC(C)=O)c1ccccc1Oc1ccccc1. The molecule has 0 bridgehead atoms. The number of esters is 1. The number of carbonyl (C=O) groups is 3. The van der Waals surface area contributed by atoms with Gasteiger partial charge in [-0.25, -0.2) is 4.79 Å². The van der Waals surface area contributed by atoms with Gasteiger partial charge in [0.05, 0.1) is 7.11 Å². The van der Waals surface area contributed by atoms with Gasteiger partial charge in [-0.15, -0.1) is 0 Å². The van der Waals surface area contributed by atoms with Crippen LogP contribution >= 0.6 is 11.8 Å². The third-order valence-corrected chi connectivity index (χ3v) is 6.38. The molecule has 3 aromatic rings. The van der Waals surface area contributed by atoms with Crippen LogP contribution in [-0.4, -0.2) is 29.9 Å². The topological polar surface area (TPSA) is 81.7 Å². The van der Waals surface area contributed by atoms with E-state index in [-0.39, 0.29) is 11.0 Å². The van der Waals surface area contributed by atoms with Crippen molar-refractivity contribution in [3.8, 4) is 11.5 Å². The number of methoxy groups -OCH3 is 1. The standard InChI is InChI=1S/C28H29NO5S/c1-20(30)35-19-22(18-17-21-11-5-3-6-12-21)27(31)29-26(28(32)33-2)24-15-9-10-16-25(24)34-23-13-7-4-8-14-23/h3-16,22,26H,17-19H2,1-2H3,(H,29,31). The third kappa shape index (κ3) is 8.00. The summed E-state index contributed by atoms with van der Waals surface area (Å²) in [5.41, 5.74) is 1.59. The summed E-state index contributed by atoms with van der Waals surface area (Å²) in [7, 11) is 1.28. The first-order valence-electron chi connectivity index (χ1n) is 11.3. The zero-order chi connectivity index (χ0) is 25.0. The van der Waals surface area contributed by atoms with Gasteiger partial charge in [0, 0.05) is 24.2 Å². The average Bonchev–Trinajstić information content (AvgIpc) is 2.88. The lowest BCUT2D eigenvalue weighted by Crippen LogP contribution is -2.39. The highest BCUT2D eigenvalue weighted by atomic mass is 32.2. The van der Waals surface area contributed by atoms with Gasteiger partial charge in [0.15, 0.2) is 11.2 Å². The number of hydrogen-bond acceptors (Lipinski definition) is 6. The van der Waals surface area contributed by atoms with Crippen LogP contribution in [0.4, 0.5) is 0 Å². The summed E-state index contributed by atoms with van der Waals surface area (Å²) in [6.07, 6.45) is 1.21. The average molecular weight is 492 g/mol. The van der Waals surface area contributed by atoms with Crippen molar-refractivity contribution in [2.24, 2.45) is 5.92 Å².